The zero-order valence-corrected chi connectivity index (χ0v) is 14.5. The number of amides is 1. The molecule has 3 nitrogen and oxygen atoms in total. The summed E-state index contributed by atoms with van der Waals surface area (Å²) in [6.45, 7) is 4.82. The Morgan fingerprint density at radius 2 is 1.79 bits per heavy atom. The van der Waals surface area contributed by atoms with Crippen molar-refractivity contribution < 1.29 is 4.79 Å². The molecule has 0 aliphatic carbocycles. The van der Waals surface area contributed by atoms with E-state index in [-0.39, 0.29) is 18.0 Å². The van der Waals surface area contributed by atoms with Crippen LogP contribution in [0.15, 0.2) is 48.5 Å². The molecule has 2 aromatic rings. The van der Waals surface area contributed by atoms with E-state index >= 15 is 0 Å². The highest BCUT2D eigenvalue weighted by atomic mass is 16.2. The van der Waals surface area contributed by atoms with E-state index in [9.17, 15) is 4.79 Å². The van der Waals surface area contributed by atoms with Crippen molar-refractivity contribution in [2.75, 3.05) is 6.54 Å². The summed E-state index contributed by atoms with van der Waals surface area (Å²) >= 11 is 0. The Labute approximate surface area is 144 Å². The van der Waals surface area contributed by atoms with Gasteiger partial charge >= 0.3 is 0 Å². The number of carbonyl (C=O) groups excluding carboxylic acids is 1. The summed E-state index contributed by atoms with van der Waals surface area (Å²) in [6.07, 6.45) is 2.61. The number of nitrogens with two attached hydrogens (primary N) is 1. The highest BCUT2D eigenvalue weighted by molar-refractivity contribution is 5.95. The minimum atomic E-state index is 0.134. The predicted octanol–water partition coefficient (Wildman–Crippen LogP) is 3.48. The largest absolute Gasteiger partial charge is 0.335 e. The zero-order chi connectivity index (χ0) is 17.1. The van der Waals surface area contributed by atoms with Gasteiger partial charge < -0.3 is 10.6 Å². The molecule has 2 N–H and O–H groups in total. The minimum absolute atomic E-state index is 0.134. The standard InChI is InChI=1S/C21H26N2O/c1-15-10-16(2)12-18(11-15)21(24)23-9-8-19(22)14-20(23)13-17-6-4-3-5-7-17/h3-7,10-12,19-20H,8-9,13-14,22H2,1-2H3/t19-,20-/m0/s1. The van der Waals surface area contributed by atoms with Gasteiger partial charge in [-0.2, -0.15) is 0 Å². The molecule has 0 aromatic heterocycles. The van der Waals surface area contributed by atoms with E-state index in [0.29, 0.717) is 0 Å². The van der Waals surface area contributed by atoms with Crippen LogP contribution in [-0.4, -0.2) is 29.4 Å². The van der Waals surface area contributed by atoms with Crippen LogP contribution >= 0.6 is 0 Å². The quantitative estimate of drug-likeness (QED) is 0.940. The van der Waals surface area contributed by atoms with E-state index < -0.39 is 0 Å². The fourth-order valence-corrected chi connectivity index (χ4v) is 3.69. The molecule has 24 heavy (non-hydrogen) atoms. The van der Waals surface area contributed by atoms with E-state index in [4.69, 9.17) is 5.73 Å². The average molecular weight is 322 g/mol. The van der Waals surface area contributed by atoms with Crippen molar-refractivity contribution in [3.8, 4) is 0 Å². The predicted molar refractivity (Wildman–Crippen MR) is 98.1 cm³/mol. The van der Waals surface area contributed by atoms with Gasteiger partial charge in [0.05, 0.1) is 0 Å². The summed E-state index contributed by atoms with van der Waals surface area (Å²) in [5, 5.41) is 0. The number of piperidine rings is 1. The van der Waals surface area contributed by atoms with Crippen molar-refractivity contribution in [1.82, 2.24) is 4.90 Å². The third kappa shape index (κ3) is 3.85. The molecule has 3 rings (SSSR count). The smallest absolute Gasteiger partial charge is 0.254 e. The Bertz CT molecular complexity index is 691. The molecular formula is C21H26N2O. The van der Waals surface area contributed by atoms with Crippen molar-refractivity contribution in [1.29, 1.82) is 0 Å². The second kappa shape index (κ2) is 7.18. The van der Waals surface area contributed by atoms with Gasteiger partial charge in [0, 0.05) is 24.2 Å². The Balaban J connectivity index is 1.84. The highest BCUT2D eigenvalue weighted by Crippen LogP contribution is 2.23. The van der Waals surface area contributed by atoms with Gasteiger partial charge in [-0.05, 0) is 50.8 Å². The molecule has 1 aliphatic heterocycles. The van der Waals surface area contributed by atoms with Gasteiger partial charge in [-0.3, -0.25) is 4.79 Å². The van der Waals surface area contributed by atoms with E-state index in [0.717, 1.165) is 42.5 Å². The zero-order valence-electron chi connectivity index (χ0n) is 14.5. The number of hydrogen-bond acceptors (Lipinski definition) is 2. The number of aryl methyl sites for hydroxylation is 2. The van der Waals surface area contributed by atoms with Gasteiger partial charge in [0.15, 0.2) is 0 Å². The first-order chi connectivity index (χ1) is 11.5. The number of likely N-dealkylation sites (tertiary alicyclic amines) is 1. The van der Waals surface area contributed by atoms with Gasteiger partial charge in [0.1, 0.15) is 0 Å². The maximum atomic E-state index is 13.1. The summed E-state index contributed by atoms with van der Waals surface area (Å²) in [5.41, 5.74) is 10.5. The second-order valence-electron chi connectivity index (χ2n) is 7.00. The van der Waals surface area contributed by atoms with Gasteiger partial charge in [0.25, 0.3) is 5.91 Å². The molecule has 3 heteroatoms. The molecule has 0 spiro atoms. The molecule has 0 saturated carbocycles. The van der Waals surface area contributed by atoms with Crippen LogP contribution in [0.4, 0.5) is 0 Å². The Kier molecular flexibility index (Phi) is 5.00. The summed E-state index contributed by atoms with van der Waals surface area (Å²) in [6, 6.07) is 16.8. The van der Waals surface area contributed by atoms with Crippen LogP contribution in [0.1, 0.15) is 39.9 Å². The van der Waals surface area contributed by atoms with E-state index in [1.807, 2.05) is 49.1 Å². The third-order valence-corrected chi connectivity index (χ3v) is 4.80. The molecule has 0 bridgehead atoms. The molecule has 1 amide bonds. The minimum Gasteiger partial charge on any atom is -0.335 e. The second-order valence-corrected chi connectivity index (χ2v) is 7.00. The SMILES string of the molecule is Cc1cc(C)cc(C(=O)N2CC[C@H](N)C[C@@H]2Cc2ccccc2)c1. The van der Waals surface area contributed by atoms with Crippen LogP contribution < -0.4 is 5.73 Å². The van der Waals surface area contributed by atoms with Gasteiger partial charge in [-0.25, -0.2) is 0 Å². The molecular weight excluding hydrogens is 296 g/mol. The normalized spacial score (nSPS) is 20.9. The van der Waals surface area contributed by atoms with Crippen LogP contribution in [-0.2, 0) is 6.42 Å². The maximum Gasteiger partial charge on any atom is 0.254 e. The topological polar surface area (TPSA) is 46.3 Å². The average Bonchev–Trinajstić information content (AvgIpc) is 2.54. The van der Waals surface area contributed by atoms with Crippen LogP contribution in [0.3, 0.4) is 0 Å². The molecule has 1 aliphatic rings. The van der Waals surface area contributed by atoms with Crippen molar-refractivity contribution in [2.45, 2.75) is 45.2 Å². The number of carbonyl (C=O) groups is 1. The van der Waals surface area contributed by atoms with Crippen LogP contribution in [0.5, 0.6) is 0 Å². The molecule has 0 unspecified atom stereocenters. The number of benzene rings is 2. The lowest BCUT2D eigenvalue weighted by Gasteiger charge is -2.38. The van der Waals surface area contributed by atoms with Crippen molar-refractivity contribution in [3.05, 3.63) is 70.8 Å². The first-order valence-corrected chi connectivity index (χ1v) is 8.71. The molecule has 1 saturated heterocycles. The monoisotopic (exact) mass is 322 g/mol. The Morgan fingerprint density at radius 1 is 1.12 bits per heavy atom. The van der Waals surface area contributed by atoms with E-state index in [1.165, 1.54) is 5.56 Å². The van der Waals surface area contributed by atoms with Crippen LogP contribution in [0.25, 0.3) is 0 Å². The molecule has 1 heterocycles. The number of hydrogen-bond donors (Lipinski definition) is 1. The van der Waals surface area contributed by atoms with E-state index in [2.05, 4.69) is 18.2 Å². The van der Waals surface area contributed by atoms with Crippen molar-refractivity contribution in [3.63, 3.8) is 0 Å². The summed E-state index contributed by atoms with van der Waals surface area (Å²) in [5.74, 6) is 0.134. The lowest BCUT2D eigenvalue weighted by atomic mass is 9.91. The molecule has 0 radical (unpaired) electrons. The Hall–Kier alpha value is -2.13. The van der Waals surface area contributed by atoms with Gasteiger partial charge in [-0.15, -0.1) is 0 Å². The van der Waals surface area contributed by atoms with Gasteiger partial charge in [-0.1, -0.05) is 47.5 Å². The fourth-order valence-electron chi connectivity index (χ4n) is 3.69. The molecule has 126 valence electrons. The third-order valence-electron chi connectivity index (χ3n) is 4.80. The van der Waals surface area contributed by atoms with Crippen LogP contribution in [0.2, 0.25) is 0 Å². The first-order valence-electron chi connectivity index (χ1n) is 8.71. The molecule has 2 aromatic carbocycles. The maximum absolute atomic E-state index is 13.1. The lowest BCUT2D eigenvalue weighted by molar-refractivity contribution is 0.0595. The van der Waals surface area contributed by atoms with E-state index in [1.54, 1.807) is 0 Å². The summed E-state index contributed by atoms with van der Waals surface area (Å²) in [4.78, 5) is 15.1. The lowest BCUT2D eigenvalue weighted by Crippen LogP contribution is -2.50. The summed E-state index contributed by atoms with van der Waals surface area (Å²) < 4.78 is 0. The number of nitrogens with zero attached hydrogens (tertiary/aromatic N) is 1. The fraction of sp³-hybridized carbons (Fsp3) is 0.381. The Morgan fingerprint density at radius 3 is 2.46 bits per heavy atom. The van der Waals surface area contributed by atoms with Crippen LogP contribution in [0, 0.1) is 13.8 Å². The van der Waals surface area contributed by atoms with Gasteiger partial charge in [0.2, 0.25) is 0 Å². The van der Waals surface area contributed by atoms with Crippen molar-refractivity contribution in [2.24, 2.45) is 5.73 Å². The molecule has 1 fully saturated rings. The first kappa shape index (κ1) is 16.7. The summed E-state index contributed by atoms with van der Waals surface area (Å²) in [7, 11) is 0. The highest BCUT2D eigenvalue weighted by Gasteiger charge is 2.30. The van der Waals surface area contributed by atoms with Crippen molar-refractivity contribution >= 4 is 5.91 Å². The number of rotatable bonds is 3. The molecule has 2 atom stereocenters.